The average Bonchev–Trinajstić information content (AvgIpc) is 2.64. The van der Waals surface area contributed by atoms with Crippen LogP contribution in [0.1, 0.15) is 37.7 Å². The average molecular weight is 347 g/mol. The molecule has 1 aromatic carbocycles. The number of aryl methyl sites for hydroxylation is 1. The minimum absolute atomic E-state index is 0.00699. The van der Waals surface area contributed by atoms with Gasteiger partial charge in [-0.1, -0.05) is 36.8 Å². The summed E-state index contributed by atoms with van der Waals surface area (Å²) in [5.74, 6) is -0.676. The molecule has 0 unspecified atom stereocenters. The van der Waals surface area contributed by atoms with Crippen molar-refractivity contribution >= 4 is 11.8 Å². The first-order chi connectivity index (χ1) is 12.2. The van der Waals surface area contributed by atoms with E-state index < -0.39 is 5.97 Å². The molecule has 5 heteroatoms. The Bertz CT molecular complexity index is 512. The number of hydrogen-bond donors (Lipinski definition) is 0. The van der Waals surface area contributed by atoms with Crippen molar-refractivity contribution in [2.24, 2.45) is 0 Å². The number of rotatable bonds is 11. The van der Waals surface area contributed by atoms with Crippen LogP contribution in [0.2, 0.25) is 0 Å². The first-order valence-electron chi connectivity index (χ1n) is 9.25. The van der Waals surface area contributed by atoms with E-state index >= 15 is 0 Å². The van der Waals surface area contributed by atoms with Crippen LogP contribution in [-0.4, -0.2) is 56.1 Å². The van der Waals surface area contributed by atoms with Crippen LogP contribution in [-0.2, 0) is 25.5 Å². The standard InChI is InChI=1S/C20H29NO4/c22-19(17-24-15-13-21-11-5-2-6-12-21)16-20(23)25-14-7-10-18-8-3-1-4-9-18/h1,3-4,8-9H,2,5-7,10-17H2. The fourth-order valence-corrected chi connectivity index (χ4v) is 2.93. The lowest BCUT2D eigenvalue weighted by Gasteiger charge is -2.25. The summed E-state index contributed by atoms with van der Waals surface area (Å²) in [5.41, 5.74) is 1.22. The molecule has 1 saturated heterocycles. The fraction of sp³-hybridized carbons (Fsp3) is 0.600. The lowest BCUT2D eigenvalue weighted by molar-refractivity contribution is -0.147. The topological polar surface area (TPSA) is 55.8 Å². The molecule has 0 bridgehead atoms. The second-order valence-corrected chi connectivity index (χ2v) is 6.48. The quantitative estimate of drug-likeness (QED) is 0.350. The van der Waals surface area contributed by atoms with Crippen molar-refractivity contribution in [1.82, 2.24) is 4.90 Å². The van der Waals surface area contributed by atoms with Crippen molar-refractivity contribution in [3.63, 3.8) is 0 Å². The maximum absolute atomic E-state index is 11.7. The summed E-state index contributed by atoms with van der Waals surface area (Å²) in [6, 6.07) is 10.1. The van der Waals surface area contributed by atoms with Crippen LogP contribution in [0.5, 0.6) is 0 Å². The molecule has 1 heterocycles. The summed E-state index contributed by atoms with van der Waals surface area (Å²) in [5, 5.41) is 0. The van der Waals surface area contributed by atoms with Crippen LogP contribution in [0, 0.1) is 0 Å². The summed E-state index contributed by atoms with van der Waals surface area (Å²) in [4.78, 5) is 25.7. The molecule has 0 spiro atoms. The number of carbonyl (C=O) groups excluding carboxylic acids is 2. The van der Waals surface area contributed by atoms with Gasteiger partial charge in [-0.15, -0.1) is 0 Å². The van der Waals surface area contributed by atoms with Crippen molar-refractivity contribution in [2.45, 2.75) is 38.5 Å². The Morgan fingerprint density at radius 1 is 1.00 bits per heavy atom. The van der Waals surface area contributed by atoms with Crippen LogP contribution in [0.3, 0.4) is 0 Å². The zero-order chi connectivity index (χ0) is 17.7. The van der Waals surface area contributed by atoms with Crippen LogP contribution in [0.4, 0.5) is 0 Å². The highest BCUT2D eigenvalue weighted by Crippen LogP contribution is 2.07. The van der Waals surface area contributed by atoms with Gasteiger partial charge in [0.15, 0.2) is 5.78 Å². The number of ether oxygens (including phenoxy) is 2. The summed E-state index contributed by atoms with van der Waals surface area (Å²) >= 11 is 0. The predicted molar refractivity (Wildman–Crippen MR) is 96.5 cm³/mol. The van der Waals surface area contributed by atoms with Gasteiger partial charge >= 0.3 is 5.97 Å². The van der Waals surface area contributed by atoms with Gasteiger partial charge in [-0.2, -0.15) is 0 Å². The van der Waals surface area contributed by atoms with E-state index in [-0.39, 0.29) is 18.8 Å². The smallest absolute Gasteiger partial charge is 0.313 e. The highest BCUT2D eigenvalue weighted by atomic mass is 16.5. The maximum Gasteiger partial charge on any atom is 0.313 e. The lowest BCUT2D eigenvalue weighted by Crippen LogP contribution is -2.33. The number of ketones is 1. The van der Waals surface area contributed by atoms with Crippen LogP contribution >= 0.6 is 0 Å². The van der Waals surface area contributed by atoms with E-state index in [9.17, 15) is 9.59 Å². The number of benzene rings is 1. The molecule has 0 aromatic heterocycles. The Hall–Kier alpha value is -1.72. The highest BCUT2D eigenvalue weighted by molar-refractivity contribution is 5.96. The molecule has 1 aliphatic heterocycles. The van der Waals surface area contributed by atoms with Gasteiger partial charge < -0.3 is 14.4 Å². The van der Waals surface area contributed by atoms with E-state index in [1.165, 1.54) is 24.8 Å². The van der Waals surface area contributed by atoms with Gasteiger partial charge in [0.2, 0.25) is 0 Å². The SMILES string of the molecule is O=C(COCCN1CCCCC1)CC(=O)OCCCc1ccccc1. The van der Waals surface area contributed by atoms with E-state index in [4.69, 9.17) is 9.47 Å². The molecule has 1 fully saturated rings. The zero-order valence-electron chi connectivity index (χ0n) is 15.0. The number of nitrogens with zero attached hydrogens (tertiary/aromatic N) is 1. The molecule has 2 rings (SSSR count). The predicted octanol–water partition coefficient (Wildman–Crippen LogP) is 2.62. The van der Waals surface area contributed by atoms with E-state index in [1.54, 1.807) is 0 Å². The third-order valence-electron chi connectivity index (χ3n) is 4.32. The minimum atomic E-state index is -0.460. The molecule has 0 amide bonds. The molecular formula is C20H29NO4. The van der Waals surface area contributed by atoms with Crippen molar-refractivity contribution in [3.8, 4) is 0 Å². The second kappa shape index (κ2) is 11.8. The molecule has 138 valence electrons. The normalized spacial score (nSPS) is 15.0. The van der Waals surface area contributed by atoms with Gasteiger partial charge in [-0.3, -0.25) is 9.59 Å². The number of esters is 1. The van der Waals surface area contributed by atoms with Gasteiger partial charge in [0.1, 0.15) is 13.0 Å². The van der Waals surface area contributed by atoms with Gasteiger partial charge in [0, 0.05) is 6.54 Å². The molecular weight excluding hydrogens is 318 g/mol. The Labute approximate surface area is 150 Å². The molecule has 0 N–H and O–H groups in total. The number of carbonyl (C=O) groups is 2. The Morgan fingerprint density at radius 2 is 1.76 bits per heavy atom. The molecule has 0 saturated carbocycles. The first kappa shape index (κ1) is 19.6. The van der Waals surface area contributed by atoms with Gasteiger partial charge in [-0.05, 0) is 44.3 Å². The van der Waals surface area contributed by atoms with E-state index in [1.807, 2.05) is 30.3 Å². The third kappa shape index (κ3) is 8.79. The Kier molecular flexibility index (Phi) is 9.23. The summed E-state index contributed by atoms with van der Waals surface area (Å²) in [6.07, 6.45) is 5.22. The highest BCUT2D eigenvalue weighted by Gasteiger charge is 2.12. The van der Waals surface area contributed by atoms with Crippen LogP contribution in [0.15, 0.2) is 30.3 Å². The van der Waals surface area contributed by atoms with Crippen molar-refractivity contribution in [2.75, 3.05) is 39.5 Å². The van der Waals surface area contributed by atoms with Crippen LogP contribution in [0.25, 0.3) is 0 Å². The van der Waals surface area contributed by atoms with Crippen molar-refractivity contribution in [1.29, 1.82) is 0 Å². The summed E-state index contributed by atoms with van der Waals surface area (Å²) < 4.78 is 10.5. The maximum atomic E-state index is 11.7. The van der Waals surface area contributed by atoms with E-state index in [2.05, 4.69) is 4.90 Å². The van der Waals surface area contributed by atoms with Gasteiger partial charge in [0.05, 0.1) is 13.2 Å². The largest absolute Gasteiger partial charge is 0.465 e. The Morgan fingerprint density at radius 3 is 2.52 bits per heavy atom. The number of likely N-dealkylation sites (tertiary alicyclic amines) is 1. The minimum Gasteiger partial charge on any atom is -0.465 e. The molecule has 25 heavy (non-hydrogen) atoms. The first-order valence-corrected chi connectivity index (χ1v) is 9.25. The van der Waals surface area contributed by atoms with E-state index in [0.29, 0.717) is 13.2 Å². The van der Waals surface area contributed by atoms with Crippen molar-refractivity contribution in [3.05, 3.63) is 35.9 Å². The number of hydrogen-bond acceptors (Lipinski definition) is 5. The van der Waals surface area contributed by atoms with Crippen molar-refractivity contribution < 1.29 is 19.1 Å². The summed E-state index contributed by atoms with van der Waals surface area (Å²) in [6.45, 7) is 3.97. The number of piperidine rings is 1. The Balaban J connectivity index is 1.46. The monoisotopic (exact) mass is 347 g/mol. The molecule has 5 nitrogen and oxygen atoms in total. The lowest BCUT2D eigenvalue weighted by atomic mass is 10.1. The zero-order valence-corrected chi connectivity index (χ0v) is 15.0. The second-order valence-electron chi connectivity index (χ2n) is 6.48. The van der Waals surface area contributed by atoms with Gasteiger partial charge in [0.25, 0.3) is 0 Å². The fourth-order valence-electron chi connectivity index (χ4n) is 2.93. The molecule has 0 atom stereocenters. The number of Topliss-reactive ketones (excluding diaryl/α,β-unsaturated/α-hetero) is 1. The molecule has 1 aromatic rings. The van der Waals surface area contributed by atoms with Gasteiger partial charge in [-0.25, -0.2) is 0 Å². The third-order valence-corrected chi connectivity index (χ3v) is 4.32. The van der Waals surface area contributed by atoms with Crippen LogP contribution < -0.4 is 0 Å². The molecule has 0 radical (unpaired) electrons. The summed E-state index contributed by atoms with van der Waals surface area (Å²) in [7, 11) is 0. The molecule has 1 aliphatic rings. The van der Waals surface area contributed by atoms with E-state index in [0.717, 1.165) is 32.5 Å². The molecule has 0 aliphatic carbocycles.